The first-order chi connectivity index (χ1) is 13.9. The maximum absolute atomic E-state index is 12.6. The first kappa shape index (κ1) is 26.7. The van der Waals surface area contributed by atoms with E-state index in [1.165, 1.54) is 36.5 Å². The Morgan fingerprint density at radius 2 is 0.862 bits per heavy atom. The molecule has 0 fully saturated rings. The third-order valence-corrected chi connectivity index (χ3v) is 4.14. The highest BCUT2D eigenvalue weighted by Gasteiger charge is 2.27. The summed E-state index contributed by atoms with van der Waals surface area (Å²) in [5.74, 6) is -1.75. The van der Waals surface area contributed by atoms with E-state index in [2.05, 4.69) is 0 Å². The van der Waals surface area contributed by atoms with Crippen LogP contribution in [0.25, 0.3) is 0 Å². The predicted molar refractivity (Wildman–Crippen MR) is 103 cm³/mol. The first-order valence-electron chi connectivity index (χ1n) is 8.79. The second-order valence-electron chi connectivity index (χ2n) is 4.95. The highest BCUT2D eigenvalue weighted by Crippen LogP contribution is 2.49. The molecule has 0 rings (SSSR count). The average Bonchev–Trinajstić information content (AvgIpc) is 2.67. The molecule has 0 aromatic carbocycles. The smallest absolute Gasteiger partial charge is 0.460 e. The van der Waals surface area contributed by atoms with Crippen LogP contribution in [0.1, 0.15) is 20.8 Å². The molecule has 0 aliphatic carbocycles. The molecule has 0 aliphatic rings. The van der Waals surface area contributed by atoms with Crippen LogP contribution in [-0.2, 0) is 46.7 Å². The molecular formula is C18H27O10P. The van der Waals surface area contributed by atoms with E-state index < -0.39 is 25.7 Å². The molecule has 29 heavy (non-hydrogen) atoms. The lowest BCUT2D eigenvalue weighted by molar-refractivity contribution is -0.139. The topological polar surface area (TPSA) is 124 Å². The fourth-order valence-electron chi connectivity index (χ4n) is 1.54. The highest BCUT2D eigenvalue weighted by molar-refractivity contribution is 7.48. The highest BCUT2D eigenvalue weighted by atomic mass is 31.2. The van der Waals surface area contributed by atoms with Gasteiger partial charge in [-0.3, -0.25) is 13.6 Å². The minimum absolute atomic E-state index is 0.188. The lowest BCUT2D eigenvalue weighted by atomic mass is 10.5. The van der Waals surface area contributed by atoms with Gasteiger partial charge in [-0.05, 0) is 20.8 Å². The third-order valence-electron chi connectivity index (χ3n) is 2.64. The third kappa shape index (κ3) is 15.4. The van der Waals surface area contributed by atoms with E-state index in [0.717, 1.165) is 0 Å². The van der Waals surface area contributed by atoms with Crippen molar-refractivity contribution in [3.05, 3.63) is 36.5 Å². The van der Waals surface area contributed by atoms with Crippen LogP contribution in [0.3, 0.4) is 0 Å². The van der Waals surface area contributed by atoms with Gasteiger partial charge in [0.2, 0.25) is 0 Å². The molecule has 10 nitrogen and oxygen atoms in total. The Bertz CT molecular complexity index is 553. The molecule has 164 valence electrons. The van der Waals surface area contributed by atoms with E-state index in [0.29, 0.717) is 0 Å². The maximum atomic E-state index is 12.6. The van der Waals surface area contributed by atoms with Crippen molar-refractivity contribution in [1.82, 2.24) is 0 Å². The van der Waals surface area contributed by atoms with Crippen molar-refractivity contribution in [3.63, 3.8) is 0 Å². The summed E-state index contributed by atoms with van der Waals surface area (Å²) in [7, 11) is -4.07. The van der Waals surface area contributed by atoms with Crippen molar-refractivity contribution in [1.29, 1.82) is 0 Å². The summed E-state index contributed by atoms with van der Waals surface area (Å²) in [6.45, 7) is 3.59. The van der Waals surface area contributed by atoms with Crippen molar-refractivity contribution in [2.45, 2.75) is 20.8 Å². The number of carbonyl (C=O) groups is 3. The van der Waals surface area contributed by atoms with Gasteiger partial charge in [-0.1, -0.05) is 18.2 Å². The lowest BCUT2D eigenvalue weighted by Gasteiger charge is -2.18. The molecule has 0 amide bonds. The van der Waals surface area contributed by atoms with Gasteiger partial charge < -0.3 is 14.2 Å². The Hall–Kier alpha value is -2.26. The summed E-state index contributed by atoms with van der Waals surface area (Å²) in [6.07, 6.45) is 8.15. The van der Waals surface area contributed by atoms with Crippen molar-refractivity contribution < 1.29 is 46.7 Å². The quantitative estimate of drug-likeness (QED) is 0.125. The number of phosphoric ester groups is 1. The Labute approximate surface area is 170 Å². The van der Waals surface area contributed by atoms with Gasteiger partial charge in [-0.2, -0.15) is 0 Å². The summed E-state index contributed by atoms with van der Waals surface area (Å²) >= 11 is 0. The Morgan fingerprint density at radius 1 is 0.586 bits per heavy atom. The number of allylic oxidation sites excluding steroid dienone is 3. The molecule has 0 N–H and O–H groups in total. The minimum atomic E-state index is -4.07. The van der Waals surface area contributed by atoms with Crippen LogP contribution in [0.4, 0.5) is 0 Å². The van der Waals surface area contributed by atoms with Crippen LogP contribution < -0.4 is 0 Å². The van der Waals surface area contributed by atoms with Crippen LogP contribution in [0.2, 0.25) is 0 Å². The monoisotopic (exact) mass is 434 g/mol. The Balaban J connectivity index is 4.50. The van der Waals surface area contributed by atoms with Crippen LogP contribution in [0, 0.1) is 0 Å². The van der Waals surface area contributed by atoms with Crippen molar-refractivity contribution in [3.8, 4) is 0 Å². The number of hydrogen-bond donors (Lipinski definition) is 0. The van der Waals surface area contributed by atoms with Crippen molar-refractivity contribution in [2.24, 2.45) is 0 Å². The van der Waals surface area contributed by atoms with Crippen molar-refractivity contribution >= 4 is 25.7 Å². The fraction of sp³-hybridized carbons (Fsp3) is 0.500. The predicted octanol–water partition coefficient (Wildman–Crippen LogP) is 2.50. The summed E-state index contributed by atoms with van der Waals surface area (Å²) in [5.41, 5.74) is 0. The zero-order valence-corrected chi connectivity index (χ0v) is 17.6. The lowest BCUT2D eigenvalue weighted by Crippen LogP contribution is -2.14. The van der Waals surface area contributed by atoms with E-state index in [1.807, 2.05) is 0 Å². The molecule has 0 atom stereocenters. The van der Waals surface area contributed by atoms with Crippen molar-refractivity contribution in [2.75, 3.05) is 39.6 Å². The van der Waals surface area contributed by atoms with Gasteiger partial charge in [0.25, 0.3) is 0 Å². The average molecular weight is 434 g/mol. The molecule has 0 spiro atoms. The summed E-state index contributed by atoms with van der Waals surface area (Å²) in [5, 5.41) is 0. The second kappa shape index (κ2) is 16.7. The number of ether oxygens (including phenoxy) is 3. The number of carbonyl (C=O) groups excluding carboxylic acids is 3. The molecule has 0 bridgehead atoms. The summed E-state index contributed by atoms with van der Waals surface area (Å²) < 4.78 is 42.2. The summed E-state index contributed by atoms with van der Waals surface area (Å²) in [4.78, 5) is 33.7. The molecule has 0 unspecified atom stereocenters. The van der Waals surface area contributed by atoms with Crippen LogP contribution in [0.15, 0.2) is 36.5 Å². The molecular weight excluding hydrogens is 407 g/mol. The van der Waals surface area contributed by atoms with Gasteiger partial charge in [-0.15, -0.1) is 0 Å². The van der Waals surface area contributed by atoms with Gasteiger partial charge in [0.15, 0.2) is 0 Å². The fourth-order valence-corrected chi connectivity index (χ4v) is 2.66. The number of rotatable bonds is 15. The van der Waals surface area contributed by atoms with Gasteiger partial charge >= 0.3 is 25.7 Å². The molecule has 0 aromatic heterocycles. The molecule has 0 saturated heterocycles. The number of phosphoric acid groups is 1. The van der Waals surface area contributed by atoms with E-state index in [1.54, 1.807) is 20.8 Å². The molecule has 0 saturated carbocycles. The van der Waals surface area contributed by atoms with E-state index in [-0.39, 0.29) is 39.6 Å². The Kier molecular flexibility index (Phi) is 15.4. The van der Waals surface area contributed by atoms with Gasteiger partial charge in [0.05, 0.1) is 19.8 Å². The maximum Gasteiger partial charge on any atom is 0.475 e. The molecule has 11 heteroatoms. The number of hydrogen-bond acceptors (Lipinski definition) is 10. The normalized spacial score (nSPS) is 13.6. The number of esters is 3. The summed E-state index contributed by atoms with van der Waals surface area (Å²) in [6, 6.07) is 0. The zero-order valence-electron chi connectivity index (χ0n) is 16.7. The van der Waals surface area contributed by atoms with Crippen LogP contribution >= 0.6 is 7.82 Å². The van der Waals surface area contributed by atoms with Gasteiger partial charge in [0, 0.05) is 18.2 Å². The van der Waals surface area contributed by atoms with Crippen LogP contribution in [0.5, 0.6) is 0 Å². The molecule has 0 heterocycles. The minimum Gasteiger partial charge on any atom is -0.460 e. The van der Waals surface area contributed by atoms with Gasteiger partial charge in [0.1, 0.15) is 19.8 Å². The Morgan fingerprint density at radius 3 is 1.10 bits per heavy atom. The standard InChI is InChI=1S/C18H27O10P/c1-4-7-16(19)23-10-13-26-29(22,27-14-11-24-17(20)8-5-2)28-15-12-25-18(21)9-6-3/h4-9H,10-15H2,1-3H3. The molecule has 0 aliphatic heterocycles. The van der Waals surface area contributed by atoms with E-state index in [4.69, 9.17) is 27.8 Å². The van der Waals surface area contributed by atoms with Crippen LogP contribution in [-0.4, -0.2) is 57.5 Å². The van der Waals surface area contributed by atoms with E-state index in [9.17, 15) is 18.9 Å². The SMILES string of the molecule is CC=CC(=O)OCCOP(=O)(OCCOC(=O)C=CC)OCCOC(=O)C=CC. The largest absolute Gasteiger partial charge is 0.475 e. The van der Waals surface area contributed by atoms with E-state index >= 15 is 0 Å². The second-order valence-corrected chi connectivity index (χ2v) is 6.62. The van der Waals surface area contributed by atoms with Gasteiger partial charge in [-0.25, -0.2) is 18.9 Å². The molecule has 0 aromatic rings. The molecule has 0 radical (unpaired) electrons. The zero-order chi connectivity index (χ0) is 22.0. The first-order valence-corrected chi connectivity index (χ1v) is 10.2.